The molecule has 0 saturated carbocycles. The molecule has 1 aromatic rings. The average molecular weight is 274 g/mol. The van der Waals surface area contributed by atoms with Crippen LogP contribution in [0.15, 0.2) is 0 Å². The Labute approximate surface area is 112 Å². The monoisotopic (exact) mass is 274 g/mol. The number of hydrogen-bond acceptors (Lipinski definition) is 5. The van der Waals surface area contributed by atoms with E-state index in [2.05, 4.69) is 24.1 Å². The molecule has 3 nitrogen and oxygen atoms in total. The van der Waals surface area contributed by atoms with Crippen molar-refractivity contribution in [2.75, 3.05) is 19.4 Å². The van der Waals surface area contributed by atoms with Crippen molar-refractivity contribution in [2.24, 2.45) is 0 Å². The van der Waals surface area contributed by atoms with E-state index in [1.165, 1.54) is 9.88 Å². The Morgan fingerprint density at radius 3 is 2.88 bits per heavy atom. The van der Waals surface area contributed by atoms with E-state index in [0.29, 0.717) is 6.61 Å². The number of ether oxygens (including phenoxy) is 1. The lowest BCUT2D eigenvalue weighted by Crippen LogP contribution is -2.14. The van der Waals surface area contributed by atoms with Crippen LogP contribution in [0.2, 0.25) is 0 Å². The summed E-state index contributed by atoms with van der Waals surface area (Å²) in [5, 5.41) is 4.65. The summed E-state index contributed by atoms with van der Waals surface area (Å²) in [5.41, 5.74) is 1.10. The van der Waals surface area contributed by atoms with Crippen LogP contribution >= 0.6 is 23.1 Å². The summed E-state index contributed by atoms with van der Waals surface area (Å²) in [6.45, 7) is 6.96. The molecular formula is C12H22N2OS2. The third-order valence-corrected chi connectivity index (χ3v) is 4.41. The summed E-state index contributed by atoms with van der Waals surface area (Å²) in [6.07, 6.45) is 1.16. The van der Waals surface area contributed by atoms with E-state index >= 15 is 0 Å². The first kappa shape index (κ1) is 15.0. The number of aromatic nitrogens is 1. The Kier molecular flexibility index (Phi) is 7.84. The highest BCUT2D eigenvalue weighted by Gasteiger charge is 2.10. The first-order valence-electron chi connectivity index (χ1n) is 6.06. The van der Waals surface area contributed by atoms with Crippen LogP contribution in [-0.2, 0) is 23.6 Å². The lowest BCUT2D eigenvalue weighted by molar-refractivity contribution is 0.181. The average Bonchev–Trinajstić information content (AvgIpc) is 2.70. The minimum absolute atomic E-state index is 0.621. The fraction of sp³-hybridized carbons (Fsp3) is 0.750. The van der Waals surface area contributed by atoms with E-state index in [-0.39, 0.29) is 0 Å². The zero-order chi connectivity index (χ0) is 12.5. The molecule has 0 atom stereocenters. The van der Waals surface area contributed by atoms with E-state index in [9.17, 15) is 0 Å². The maximum Gasteiger partial charge on any atom is 0.103 e. The normalized spacial score (nSPS) is 11.0. The number of rotatable bonds is 9. The van der Waals surface area contributed by atoms with Crippen LogP contribution in [-0.4, -0.2) is 24.4 Å². The Hall–Kier alpha value is -0.100. The van der Waals surface area contributed by atoms with E-state index < -0.39 is 0 Å². The predicted molar refractivity (Wildman–Crippen MR) is 76.7 cm³/mol. The zero-order valence-electron chi connectivity index (χ0n) is 10.9. The van der Waals surface area contributed by atoms with Gasteiger partial charge < -0.3 is 10.1 Å². The number of thioether (sulfide) groups is 1. The molecule has 0 aromatic carbocycles. The molecule has 1 rings (SSSR count). The largest absolute Gasteiger partial charge is 0.378 e. The van der Waals surface area contributed by atoms with Gasteiger partial charge in [-0.05, 0) is 18.7 Å². The Morgan fingerprint density at radius 1 is 1.41 bits per heavy atom. The second-order valence-electron chi connectivity index (χ2n) is 3.72. The van der Waals surface area contributed by atoms with Crippen molar-refractivity contribution in [3.8, 4) is 0 Å². The van der Waals surface area contributed by atoms with Crippen molar-refractivity contribution < 1.29 is 4.74 Å². The minimum atomic E-state index is 0.621. The Bertz CT molecular complexity index is 315. The second-order valence-corrected chi connectivity index (χ2v) is 6.17. The Balaban J connectivity index is 2.60. The molecule has 0 fully saturated rings. The van der Waals surface area contributed by atoms with Crippen LogP contribution in [0.1, 0.15) is 35.8 Å². The molecule has 0 unspecified atom stereocenters. The second kappa shape index (κ2) is 8.91. The first-order chi connectivity index (χ1) is 8.31. The van der Waals surface area contributed by atoms with Gasteiger partial charge in [0.25, 0.3) is 0 Å². The third kappa shape index (κ3) is 5.38. The Morgan fingerprint density at radius 2 is 2.24 bits per heavy atom. The summed E-state index contributed by atoms with van der Waals surface area (Å²) < 4.78 is 5.20. The number of thiazole rings is 1. The van der Waals surface area contributed by atoms with Crippen molar-refractivity contribution in [1.82, 2.24) is 10.3 Å². The highest BCUT2D eigenvalue weighted by Crippen LogP contribution is 2.23. The van der Waals surface area contributed by atoms with Gasteiger partial charge in [0.1, 0.15) is 5.01 Å². The van der Waals surface area contributed by atoms with Crippen LogP contribution in [0.3, 0.4) is 0 Å². The van der Waals surface area contributed by atoms with Crippen LogP contribution in [0, 0.1) is 0 Å². The van der Waals surface area contributed by atoms with Gasteiger partial charge in [0.05, 0.1) is 12.3 Å². The predicted octanol–water partition coefficient (Wildman–Crippen LogP) is 3.04. The molecule has 0 aliphatic rings. The van der Waals surface area contributed by atoms with E-state index in [0.717, 1.165) is 36.7 Å². The van der Waals surface area contributed by atoms with Gasteiger partial charge in [-0.25, -0.2) is 4.98 Å². The van der Waals surface area contributed by atoms with Crippen LogP contribution < -0.4 is 5.32 Å². The van der Waals surface area contributed by atoms with Crippen molar-refractivity contribution >= 4 is 23.1 Å². The van der Waals surface area contributed by atoms with Crippen molar-refractivity contribution in [3.63, 3.8) is 0 Å². The molecule has 0 saturated heterocycles. The summed E-state index contributed by atoms with van der Waals surface area (Å²) in [5.74, 6) is 2.16. The van der Waals surface area contributed by atoms with Crippen molar-refractivity contribution in [2.45, 2.75) is 39.2 Å². The standard InChI is InChI=1S/C12H22N2OS2/c1-4-6-13-7-11-10(8-15-3)14-12(17-11)9-16-5-2/h13H,4-9H2,1-3H3. The number of nitrogens with zero attached hydrogens (tertiary/aromatic N) is 1. The smallest absolute Gasteiger partial charge is 0.103 e. The number of hydrogen-bond donors (Lipinski definition) is 1. The van der Waals surface area contributed by atoms with Gasteiger partial charge in [-0.1, -0.05) is 13.8 Å². The fourth-order valence-electron chi connectivity index (χ4n) is 1.45. The lowest BCUT2D eigenvalue weighted by atomic mass is 10.3. The molecule has 1 aromatic heterocycles. The highest BCUT2D eigenvalue weighted by atomic mass is 32.2. The summed E-state index contributed by atoms with van der Waals surface area (Å²) in [7, 11) is 1.73. The molecule has 1 heterocycles. The lowest BCUT2D eigenvalue weighted by Gasteiger charge is -2.02. The topological polar surface area (TPSA) is 34.2 Å². The summed E-state index contributed by atoms with van der Waals surface area (Å²) in [6, 6.07) is 0. The van der Waals surface area contributed by atoms with Gasteiger partial charge in [0.15, 0.2) is 0 Å². The first-order valence-corrected chi connectivity index (χ1v) is 8.03. The summed E-state index contributed by atoms with van der Waals surface area (Å²) >= 11 is 3.73. The van der Waals surface area contributed by atoms with E-state index in [1.54, 1.807) is 7.11 Å². The SMILES string of the molecule is CCCNCc1sc(CSCC)nc1COC. The van der Waals surface area contributed by atoms with Gasteiger partial charge in [0, 0.05) is 24.3 Å². The summed E-state index contributed by atoms with van der Waals surface area (Å²) in [4.78, 5) is 5.97. The maximum absolute atomic E-state index is 5.20. The van der Waals surface area contributed by atoms with Gasteiger partial charge in [-0.15, -0.1) is 11.3 Å². The maximum atomic E-state index is 5.20. The van der Waals surface area contributed by atoms with Gasteiger partial charge in [0.2, 0.25) is 0 Å². The molecule has 0 bridgehead atoms. The van der Waals surface area contributed by atoms with Gasteiger partial charge in [-0.2, -0.15) is 11.8 Å². The molecule has 5 heteroatoms. The molecule has 0 amide bonds. The molecule has 98 valence electrons. The number of methoxy groups -OCH3 is 1. The van der Waals surface area contributed by atoms with Crippen LogP contribution in [0.25, 0.3) is 0 Å². The molecule has 0 aliphatic heterocycles. The third-order valence-electron chi connectivity index (χ3n) is 2.25. The van der Waals surface area contributed by atoms with Gasteiger partial charge in [-0.3, -0.25) is 0 Å². The molecule has 1 N–H and O–H groups in total. The van der Waals surface area contributed by atoms with Gasteiger partial charge >= 0.3 is 0 Å². The van der Waals surface area contributed by atoms with Crippen molar-refractivity contribution in [1.29, 1.82) is 0 Å². The molecule has 0 aliphatic carbocycles. The number of nitrogens with one attached hydrogen (secondary N) is 1. The molecule has 0 radical (unpaired) electrons. The van der Waals surface area contributed by atoms with Crippen LogP contribution in [0.4, 0.5) is 0 Å². The minimum Gasteiger partial charge on any atom is -0.378 e. The molecule has 0 spiro atoms. The fourth-order valence-corrected chi connectivity index (χ4v) is 3.22. The highest BCUT2D eigenvalue weighted by molar-refractivity contribution is 7.98. The molecular weight excluding hydrogens is 252 g/mol. The van der Waals surface area contributed by atoms with E-state index in [1.807, 2.05) is 23.1 Å². The quantitative estimate of drug-likeness (QED) is 0.702. The van der Waals surface area contributed by atoms with E-state index in [4.69, 9.17) is 4.74 Å². The van der Waals surface area contributed by atoms with Crippen LogP contribution in [0.5, 0.6) is 0 Å². The molecule has 17 heavy (non-hydrogen) atoms. The zero-order valence-corrected chi connectivity index (χ0v) is 12.5. The van der Waals surface area contributed by atoms with Crippen molar-refractivity contribution in [3.05, 3.63) is 15.6 Å².